The fourth-order valence-electron chi connectivity index (χ4n) is 0.811. The maximum Gasteiger partial charge on any atom is 0.158 e. The minimum absolute atomic E-state index is 0.143. The van der Waals surface area contributed by atoms with Gasteiger partial charge in [0.05, 0.1) is 6.26 Å². The van der Waals surface area contributed by atoms with Gasteiger partial charge in [-0.3, -0.25) is 4.79 Å². The van der Waals surface area contributed by atoms with Crippen molar-refractivity contribution in [3.8, 4) is 0 Å². The summed E-state index contributed by atoms with van der Waals surface area (Å²) in [5.74, 6) is 0.106. The molecule has 1 aromatic heterocycles. The smallest absolute Gasteiger partial charge is 0.158 e. The highest BCUT2D eigenvalue weighted by molar-refractivity contribution is 5.93. The van der Waals surface area contributed by atoms with Crippen LogP contribution in [0.4, 0.5) is 0 Å². The van der Waals surface area contributed by atoms with Gasteiger partial charge in [-0.15, -0.1) is 0 Å². The zero-order valence-electron chi connectivity index (χ0n) is 6.78. The monoisotopic (exact) mass is 166 g/mol. The van der Waals surface area contributed by atoms with Crippen molar-refractivity contribution in [3.63, 3.8) is 0 Å². The van der Waals surface area contributed by atoms with Crippen molar-refractivity contribution in [3.05, 3.63) is 36.3 Å². The quantitative estimate of drug-likeness (QED) is 0.691. The summed E-state index contributed by atoms with van der Waals surface area (Å²) in [5, 5.41) is 9.43. The van der Waals surface area contributed by atoms with Gasteiger partial charge >= 0.3 is 0 Å². The van der Waals surface area contributed by atoms with Crippen LogP contribution in [0.25, 0.3) is 0 Å². The van der Waals surface area contributed by atoms with Crippen molar-refractivity contribution in [2.75, 3.05) is 0 Å². The molecule has 0 aliphatic carbocycles. The number of hydrogen-bond donors (Lipinski definition) is 1. The number of carbonyl (C=O) groups excluding carboxylic acids is 1. The van der Waals surface area contributed by atoms with Crippen molar-refractivity contribution in [2.24, 2.45) is 0 Å². The topological polar surface area (TPSA) is 50.4 Å². The van der Waals surface area contributed by atoms with Gasteiger partial charge < -0.3 is 9.52 Å². The van der Waals surface area contributed by atoms with Gasteiger partial charge in [0.2, 0.25) is 0 Å². The number of furan rings is 1. The molecule has 0 bridgehead atoms. The molecular formula is C9H10O3. The Bertz CT molecular complexity index is 285. The molecule has 1 heterocycles. The Kier molecular flexibility index (Phi) is 2.45. The van der Waals surface area contributed by atoms with E-state index in [1.807, 2.05) is 0 Å². The van der Waals surface area contributed by atoms with E-state index in [0.29, 0.717) is 5.76 Å². The minimum Gasteiger partial charge on any atom is -0.466 e. The van der Waals surface area contributed by atoms with E-state index in [9.17, 15) is 9.90 Å². The summed E-state index contributed by atoms with van der Waals surface area (Å²) in [5.41, 5.74) is 0.143. The molecule has 1 rings (SSSR count). The maximum absolute atomic E-state index is 10.8. The average Bonchev–Trinajstić information content (AvgIpc) is 2.53. The molecule has 0 radical (unpaired) electrons. The van der Waals surface area contributed by atoms with Gasteiger partial charge in [0.15, 0.2) is 5.78 Å². The number of Topliss-reactive ketones (excluding diaryl/α,β-unsaturated/α-hetero) is 1. The third kappa shape index (κ3) is 1.62. The summed E-state index contributed by atoms with van der Waals surface area (Å²) in [4.78, 5) is 10.8. The van der Waals surface area contributed by atoms with E-state index in [2.05, 4.69) is 6.58 Å². The lowest BCUT2D eigenvalue weighted by Crippen LogP contribution is -2.06. The zero-order valence-corrected chi connectivity index (χ0v) is 6.78. The second-order valence-corrected chi connectivity index (χ2v) is 2.50. The Morgan fingerprint density at radius 1 is 1.75 bits per heavy atom. The number of carbonyl (C=O) groups is 1. The molecule has 1 atom stereocenters. The summed E-state index contributed by atoms with van der Waals surface area (Å²) in [6, 6.07) is 3.24. The van der Waals surface area contributed by atoms with Crippen molar-refractivity contribution in [1.29, 1.82) is 0 Å². The van der Waals surface area contributed by atoms with Gasteiger partial charge in [-0.2, -0.15) is 0 Å². The second-order valence-electron chi connectivity index (χ2n) is 2.50. The Morgan fingerprint density at radius 2 is 2.42 bits per heavy atom. The Hall–Kier alpha value is -1.35. The molecule has 0 spiro atoms. The Morgan fingerprint density at radius 3 is 2.83 bits per heavy atom. The molecule has 0 fully saturated rings. The summed E-state index contributed by atoms with van der Waals surface area (Å²) in [7, 11) is 0. The summed E-state index contributed by atoms with van der Waals surface area (Å²) in [6.45, 7) is 4.81. The molecule has 1 unspecified atom stereocenters. The molecule has 1 N–H and O–H groups in total. The van der Waals surface area contributed by atoms with Crippen LogP contribution in [0.2, 0.25) is 0 Å². The van der Waals surface area contributed by atoms with E-state index in [1.54, 1.807) is 12.1 Å². The zero-order chi connectivity index (χ0) is 9.14. The first-order valence-electron chi connectivity index (χ1n) is 3.54. The Balaban J connectivity index is 2.79. The van der Waals surface area contributed by atoms with Crippen molar-refractivity contribution in [1.82, 2.24) is 0 Å². The van der Waals surface area contributed by atoms with E-state index >= 15 is 0 Å². The predicted octanol–water partition coefficient (Wildman–Crippen LogP) is 1.46. The van der Waals surface area contributed by atoms with Gasteiger partial charge in [0.25, 0.3) is 0 Å². The van der Waals surface area contributed by atoms with Crippen LogP contribution in [0.3, 0.4) is 0 Å². The highest BCUT2D eigenvalue weighted by Crippen LogP contribution is 2.20. The fourth-order valence-corrected chi connectivity index (χ4v) is 0.811. The van der Waals surface area contributed by atoms with Crippen molar-refractivity contribution in [2.45, 2.75) is 13.0 Å². The van der Waals surface area contributed by atoms with Crippen LogP contribution in [0, 0.1) is 0 Å². The van der Waals surface area contributed by atoms with Crippen LogP contribution in [-0.4, -0.2) is 10.9 Å². The molecule has 12 heavy (non-hydrogen) atoms. The van der Waals surface area contributed by atoms with Crippen LogP contribution in [0.5, 0.6) is 0 Å². The second kappa shape index (κ2) is 3.36. The first-order valence-corrected chi connectivity index (χ1v) is 3.54. The van der Waals surface area contributed by atoms with Crippen LogP contribution in [0.15, 0.2) is 35.0 Å². The molecule has 64 valence electrons. The number of aliphatic hydroxyl groups is 1. The molecular weight excluding hydrogens is 156 g/mol. The fraction of sp³-hybridized carbons (Fsp3) is 0.222. The lowest BCUT2D eigenvalue weighted by atomic mass is 10.1. The van der Waals surface area contributed by atoms with E-state index in [1.165, 1.54) is 13.2 Å². The van der Waals surface area contributed by atoms with Crippen molar-refractivity contribution >= 4 is 5.78 Å². The highest BCUT2D eigenvalue weighted by Gasteiger charge is 2.16. The maximum atomic E-state index is 10.8. The van der Waals surface area contributed by atoms with Crippen LogP contribution < -0.4 is 0 Å². The van der Waals surface area contributed by atoms with Gasteiger partial charge in [-0.1, -0.05) is 6.58 Å². The molecule has 3 heteroatoms. The van der Waals surface area contributed by atoms with E-state index < -0.39 is 6.10 Å². The van der Waals surface area contributed by atoms with E-state index in [0.717, 1.165) is 0 Å². The molecule has 0 saturated carbocycles. The average molecular weight is 166 g/mol. The van der Waals surface area contributed by atoms with E-state index in [4.69, 9.17) is 4.42 Å². The largest absolute Gasteiger partial charge is 0.466 e. The molecule has 0 saturated heterocycles. The standard InChI is InChI=1S/C9H10O3/c1-6(7(2)10)9(11)8-4-3-5-12-8/h3-5,9,11H,1H2,2H3. The SMILES string of the molecule is C=C(C(C)=O)C(O)c1ccco1. The first kappa shape index (κ1) is 8.74. The van der Waals surface area contributed by atoms with Gasteiger partial charge in [0.1, 0.15) is 11.9 Å². The van der Waals surface area contributed by atoms with E-state index in [-0.39, 0.29) is 11.4 Å². The summed E-state index contributed by atoms with van der Waals surface area (Å²) >= 11 is 0. The van der Waals surface area contributed by atoms with Crippen LogP contribution >= 0.6 is 0 Å². The Labute approximate surface area is 70.3 Å². The lowest BCUT2D eigenvalue weighted by Gasteiger charge is -2.06. The molecule has 3 nitrogen and oxygen atoms in total. The first-order chi connectivity index (χ1) is 5.63. The number of rotatable bonds is 3. The van der Waals surface area contributed by atoms with Gasteiger partial charge in [-0.25, -0.2) is 0 Å². The summed E-state index contributed by atoms with van der Waals surface area (Å²) < 4.78 is 4.90. The number of ketones is 1. The van der Waals surface area contributed by atoms with Crippen LogP contribution in [0.1, 0.15) is 18.8 Å². The molecule has 0 aromatic carbocycles. The normalized spacial score (nSPS) is 12.5. The van der Waals surface area contributed by atoms with Gasteiger partial charge in [-0.05, 0) is 19.1 Å². The lowest BCUT2D eigenvalue weighted by molar-refractivity contribution is -0.114. The minimum atomic E-state index is -1.02. The molecule has 0 aliphatic rings. The molecule has 1 aromatic rings. The number of hydrogen-bond acceptors (Lipinski definition) is 3. The van der Waals surface area contributed by atoms with Gasteiger partial charge in [0, 0.05) is 5.57 Å². The third-order valence-electron chi connectivity index (χ3n) is 1.59. The molecule has 0 amide bonds. The third-order valence-corrected chi connectivity index (χ3v) is 1.59. The summed E-state index contributed by atoms with van der Waals surface area (Å²) in [6.07, 6.45) is 0.420. The number of aliphatic hydroxyl groups excluding tert-OH is 1. The molecule has 0 aliphatic heterocycles. The van der Waals surface area contributed by atoms with Crippen molar-refractivity contribution < 1.29 is 14.3 Å². The predicted molar refractivity (Wildman–Crippen MR) is 43.5 cm³/mol. The highest BCUT2D eigenvalue weighted by atomic mass is 16.4. The van der Waals surface area contributed by atoms with Crippen LogP contribution in [-0.2, 0) is 4.79 Å².